The third kappa shape index (κ3) is 5.43. The predicted octanol–water partition coefficient (Wildman–Crippen LogP) is 1.78. The molecule has 7 nitrogen and oxygen atoms in total. The van der Waals surface area contributed by atoms with Crippen LogP contribution in [-0.2, 0) is 10.0 Å². The monoisotopic (exact) mass is 353 g/mol. The highest BCUT2D eigenvalue weighted by molar-refractivity contribution is 7.92. The lowest BCUT2D eigenvalue weighted by Crippen LogP contribution is -2.17. The molecule has 0 fully saturated rings. The Balaban J connectivity index is 1.94. The average molecular weight is 353 g/mol. The largest absolute Gasteiger partial charge is 0.369 e. The van der Waals surface area contributed by atoms with Crippen molar-refractivity contribution >= 4 is 21.7 Å². The molecule has 2 aromatic rings. The second kappa shape index (κ2) is 8.02. The highest BCUT2D eigenvalue weighted by Crippen LogP contribution is 2.15. The van der Waals surface area contributed by atoms with Gasteiger partial charge in [-0.05, 0) is 63.5 Å². The van der Waals surface area contributed by atoms with Crippen LogP contribution in [0.15, 0.2) is 41.3 Å². The normalized spacial score (nSPS) is 11.5. The van der Waals surface area contributed by atoms with Gasteiger partial charge in [-0.25, -0.2) is 12.8 Å². The van der Waals surface area contributed by atoms with Crippen molar-refractivity contribution in [3.05, 3.63) is 42.2 Å². The summed E-state index contributed by atoms with van der Waals surface area (Å²) < 4.78 is 39.5. The number of hydrogen-bond donors (Lipinski definition) is 2. The zero-order valence-corrected chi connectivity index (χ0v) is 14.3. The molecule has 0 aliphatic rings. The summed E-state index contributed by atoms with van der Waals surface area (Å²) in [5.74, 6) is 0.162. The summed E-state index contributed by atoms with van der Waals surface area (Å²) in [5, 5.41) is 10.9. The maximum Gasteiger partial charge on any atom is 0.263 e. The van der Waals surface area contributed by atoms with Gasteiger partial charge in [-0.2, -0.15) is 0 Å². The van der Waals surface area contributed by atoms with Gasteiger partial charge in [0.25, 0.3) is 10.0 Å². The number of sulfonamides is 1. The van der Waals surface area contributed by atoms with E-state index in [9.17, 15) is 12.8 Å². The highest BCUT2D eigenvalue weighted by atomic mass is 32.2. The topological polar surface area (TPSA) is 87.2 Å². The molecule has 1 aromatic heterocycles. The van der Waals surface area contributed by atoms with Gasteiger partial charge < -0.3 is 10.2 Å². The van der Waals surface area contributed by atoms with E-state index in [0.29, 0.717) is 5.82 Å². The van der Waals surface area contributed by atoms with Crippen LogP contribution in [0.1, 0.15) is 6.42 Å². The Morgan fingerprint density at radius 3 is 2.25 bits per heavy atom. The van der Waals surface area contributed by atoms with Crippen LogP contribution in [0.25, 0.3) is 0 Å². The zero-order valence-electron chi connectivity index (χ0n) is 13.5. The highest BCUT2D eigenvalue weighted by Gasteiger charge is 2.15. The van der Waals surface area contributed by atoms with Crippen LogP contribution in [-0.4, -0.2) is 50.7 Å². The molecule has 130 valence electrons. The Kier molecular flexibility index (Phi) is 6.04. The van der Waals surface area contributed by atoms with E-state index < -0.39 is 15.8 Å². The van der Waals surface area contributed by atoms with E-state index >= 15 is 0 Å². The number of hydrogen-bond acceptors (Lipinski definition) is 6. The Morgan fingerprint density at radius 2 is 1.67 bits per heavy atom. The number of nitrogens with zero attached hydrogens (tertiary/aromatic N) is 3. The van der Waals surface area contributed by atoms with Gasteiger partial charge in [0.05, 0.1) is 4.90 Å². The van der Waals surface area contributed by atoms with Crippen molar-refractivity contribution in [3.8, 4) is 0 Å². The molecule has 1 aromatic carbocycles. The molecule has 0 aliphatic heterocycles. The van der Waals surface area contributed by atoms with Crippen LogP contribution in [0.3, 0.4) is 0 Å². The van der Waals surface area contributed by atoms with Crippen molar-refractivity contribution < 1.29 is 12.8 Å². The van der Waals surface area contributed by atoms with Crippen LogP contribution in [0, 0.1) is 5.82 Å². The van der Waals surface area contributed by atoms with Gasteiger partial charge in [0.1, 0.15) is 11.6 Å². The van der Waals surface area contributed by atoms with Crippen molar-refractivity contribution in [2.24, 2.45) is 0 Å². The molecular weight excluding hydrogens is 333 g/mol. The second-order valence-corrected chi connectivity index (χ2v) is 7.13. The Labute approximate surface area is 141 Å². The fourth-order valence-corrected chi connectivity index (χ4v) is 2.90. The third-order valence-electron chi connectivity index (χ3n) is 3.12. The lowest BCUT2D eigenvalue weighted by atomic mass is 10.4. The molecular formula is C15H20FN5O2S. The maximum absolute atomic E-state index is 12.9. The van der Waals surface area contributed by atoms with Gasteiger partial charge in [-0.1, -0.05) is 0 Å². The molecule has 24 heavy (non-hydrogen) atoms. The standard InChI is InChI=1S/C15H20FN5O2S/c1-21(2)11-3-10-17-14-8-9-15(19-18-14)20-24(22,23)13-6-4-12(16)5-7-13/h4-9H,3,10-11H2,1-2H3,(H,17,18)(H,19,20). The molecule has 0 aliphatic carbocycles. The molecule has 0 unspecified atom stereocenters. The fourth-order valence-electron chi connectivity index (χ4n) is 1.90. The molecule has 0 atom stereocenters. The van der Waals surface area contributed by atoms with E-state index in [-0.39, 0.29) is 10.7 Å². The third-order valence-corrected chi connectivity index (χ3v) is 4.49. The van der Waals surface area contributed by atoms with Crippen molar-refractivity contribution in [3.63, 3.8) is 0 Å². The number of rotatable bonds is 8. The molecule has 0 bridgehead atoms. The van der Waals surface area contributed by atoms with Crippen molar-refractivity contribution in [1.82, 2.24) is 15.1 Å². The van der Waals surface area contributed by atoms with E-state index in [2.05, 4.69) is 25.1 Å². The Bertz CT molecular complexity index is 748. The minimum absolute atomic E-state index is 0.0448. The van der Waals surface area contributed by atoms with Gasteiger partial charge in [0.15, 0.2) is 5.82 Å². The van der Waals surface area contributed by atoms with Gasteiger partial charge in [-0.15, -0.1) is 10.2 Å². The number of aromatic nitrogens is 2. The minimum atomic E-state index is -3.82. The molecule has 9 heteroatoms. The second-order valence-electron chi connectivity index (χ2n) is 5.45. The van der Waals surface area contributed by atoms with Crippen LogP contribution in [0.4, 0.5) is 16.0 Å². The summed E-state index contributed by atoms with van der Waals surface area (Å²) in [5.41, 5.74) is 0. The summed E-state index contributed by atoms with van der Waals surface area (Å²) >= 11 is 0. The summed E-state index contributed by atoms with van der Waals surface area (Å²) in [4.78, 5) is 2.04. The molecule has 0 radical (unpaired) electrons. The van der Waals surface area contributed by atoms with Crippen molar-refractivity contribution in [2.75, 3.05) is 37.2 Å². The van der Waals surface area contributed by atoms with Crippen molar-refractivity contribution in [1.29, 1.82) is 0 Å². The molecule has 2 N–H and O–H groups in total. The molecule has 2 rings (SSSR count). The van der Waals surface area contributed by atoms with E-state index in [0.717, 1.165) is 31.6 Å². The number of benzene rings is 1. The first-order valence-electron chi connectivity index (χ1n) is 7.37. The number of nitrogens with one attached hydrogen (secondary N) is 2. The van der Waals surface area contributed by atoms with E-state index in [1.165, 1.54) is 18.2 Å². The lowest BCUT2D eigenvalue weighted by molar-refractivity contribution is 0.405. The molecule has 0 spiro atoms. The zero-order chi connectivity index (χ0) is 17.6. The first-order chi connectivity index (χ1) is 11.4. The van der Waals surface area contributed by atoms with Crippen LogP contribution in [0.2, 0.25) is 0 Å². The minimum Gasteiger partial charge on any atom is -0.369 e. The van der Waals surface area contributed by atoms with Crippen LogP contribution < -0.4 is 10.0 Å². The molecule has 0 saturated heterocycles. The summed E-state index contributed by atoms with van der Waals surface area (Å²) in [6.07, 6.45) is 0.952. The van der Waals surface area contributed by atoms with Gasteiger partial charge in [0.2, 0.25) is 0 Å². The quantitative estimate of drug-likeness (QED) is 0.704. The fraction of sp³-hybridized carbons (Fsp3) is 0.333. The van der Waals surface area contributed by atoms with E-state index in [4.69, 9.17) is 0 Å². The number of anilines is 2. The lowest BCUT2D eigenvalue weighted by Gasteiger charge is -2.10. The number of halogens is 1. The van der Waals surface area contributed by atoms with E-state index in [1.54, 1.807) is 6.07 Å². The Morgan fingerprint density at radius 1 is 1.04 bits per heavy atom. The van der Waals surface area contributed by atoms with Crippen LogP contribution >= 0.6 is 0 Å². The van der Waals surface area contributed by atoms with E-state index in [1.807, 2.05) is 14.1 Å². The summed E-state index contributed by atoms with van der Waals surface area (Å²) in [6.45, 7) is 1.70. The first kappa shape index (κ1) is 18.1. The Hall–Kier alpha value is -2.26. The smallest absolute Gasteiger partial charge is 0.263 e. The molecule has 0 amide bonds. The first-order valence-corrected chi connectivity index (χ1v) is 8.86. The molecule has 0 saturated carbocycles. The van der Waals surface area contributed by atoms with Gasteiger partial charge in [0, 0.05) is 6.54 Å². The predicted molar refractivity (Wildman–Crippen MR) is 90.9 cm³/mol. The maximum atomic E-state index is 12.9. The van der Waals surface area contributed by atoms with Gasteiger partial charge >= 0.3 is 0 Å². The summed E-state index contributed by atoms with van der Waals surface area (Å²) in [7, 11) is 0.185. The SMILES string of the molecule is CN(C)CCCNc1ccc(NS(=O)(=O)c2ccc(F)cc2)nn1. The van der Waals surface area contributed by atoms with Crippen LogP contribution in [0.5, 0.6) is 0 Å². The van der Waals surface area contributed by atoms with Crippen molar-refractivity contribution in [2.45, 2.75) is 11.3 Å². The average Bonchev–Trinajstić information content (AvgIpc) is 2.53. The summed E-state index contributed by atoms with van der Waals surface area (Å²) in [6, 6.07) is 7.70. The van der Waals surface area contributed by atoms with Gasteiger partial charge in [-0.3, -0.25) is 4.72 Å². The molecule has 1 heterocycles.